The van der Waals surface area contributed by atoms with Gasteiger partial charge < -0.3 is 10.6 Å². The number of nitrogens with two attached hydrogens (primary N) is 1. The van der Waals surface area contributed by atoms with Crippen LogP contribution >= 0.6 is 12.2 Å². The van der Waals surface area contributed by atoms with E-state index in [1.165, 1.54) is 18.2 Å². The molecule has 21 heavy (non-hydrogen) atoms. The number of benzene rings is 2. The van der Waals surface area contributed by atoms with E-state index in [0.29, 0.717) is 11.3 Å². The summed E-state index contributed by atoms with van der Waals surface area (Å²) in [5, 5.41) is 0. The normalized spacial score (nSPS) is 12.0. The van der Waals surface area contributed by atoms with Crippen molar-refractivity contribution in [2.24, 2.45) is 5.73 Å². The average Bonchev–Trinajstić information content (AvgIpc) is 2.45. The van der Waals surface area contributed by atoms with Crippen LogP contribution in [0, 0.1) is 11.6 Å². The molecule has 0 aromatic heterocycles. The van der Waals surface area contributed by atoms with Gasteiger partial charge >= 0.3 is 0 Å². The molecule has 0 amide bonds. The molecule has 0 spiro atoms. The van der Waals surface area contributed by atoms with Gasteiger partial charge in [0.1, 0.15) is 16.6 Å². The summed E-state index contributed by atoms with van der Waals surface area (Å²) in [6, 6.07) is 10.9. The minimum Gasteiger partial charge on any atom is -0.389 e. The lowest BCUT2D eigenvalue weighted by atomic mass is 10.1. The smallest absolute Gasteiger partial charge is 0.135 e. The van der Waals surface area contributed by atoms with Gasteiger partial charge in [-0.25, -0.2) is 8.78 Å². The Hall–Kier alpha value is -2.01. The van der Waals surface area contributed by atoms with Crippen LogP contribution in [0.3, 0.4) is 0 Å². The largest absolute Gasteiger partial charge is 0.389 e. The maximum atomic E-state index is 13.9. The predicted octanol–water partition coefficient (Wildman–Crippen LogP) is 3.80. The highest BCUT2D eigenvalue weighted by molar-refractivity contribution is 7.80. The molecule has 0 aliphatic heterocycles. The summed E-state index contributed by atoms with van der Waals surface area (Å²) in [6.07, 6.45) is 0. The zero-order valence-electron chi connectivity index (χ0n) is 11.8. The van der Waals surface area contributed by atoms with Gasteiger partial charge in [0, 0.05) is 23.9 Å². The number of anilines is 1. The number of thiocarbonyl (C=S) groups is 1. The number of rotatable bonds is 4. The van der Waals surface area contributed by atoms with Crippen molar-refractivity contribution < 1.29 is 8.78 Å². The molecule has 0 bridgehead atoms. The summed E-state index contributed by atoms with van der Waals surface area (Å²) in [5.41, 5.74) is 6.83. The second-order valence-electron chi connectivity index (χ2n) is 4.84. The molecular formula is C16H16F2N2S. The third kappa shape index (κ3) is 3.19. The Balaban J connectivity index is 2.32. The highest BCUT2D eigenvalue weighted by Crippen LogP contribution is 2.28. The molecule has 2 aromatic rings. The lowest BCUT2D eigenvalue weighted by Gasteiger charge is -2.28. The third-order valence-electron chi connectivity index (χ3n) is 3.56. The maximum absolute atomic E-state index is 13.9. The van der Waals surface area contributed by atoms with E-state index in [9.17, 15) is 8.78 Å². The maximum Gasteiger partial charge on any atom is 0.135 e. The first-order valence-electron chi connectivity index (χ1n) is 6.48. The van der Waals surface area contributed by atoms with E-state index in [0.717, 1.165) is 0 Å². The zero-order chi connectivity index (χ0) is 15.6. The lowest BCUT2D eigenvalue weighted by Crippen LogP contribution is -2.23. The van der Waals surface area contributed by atoms with Gasteiger partial charge in [-0.15, -0.1) is 0 Å². The van der Waals surface area contributed by atoms with Gasteiger partial charge in [-0.2, -0.15) is 0 Å². The van der Waals surface area contributed by atoms with Crippen molar-refractivity contribution in [1.29, 1.82) is 0 Å². The summed E-state index contributed by atoms with van der Waals surface area (Å²) in [6.45, 7) is 1.86. The van der Waals surface area contributed by atoms with Crippen LogP contribution in [-0.4, -0.2) is 12.0 Å². The molecule has 0 heterocycles. The van der Waals surface area contributed by atoms with E-state index < -0.39 is 5.82 Å². The standard InChI is InChI=1S/C16H16F2N2S/c1-10(12-5-3-4-6-14(12)17)20(2)11-7-8-13(16(19)21)15(18)9-11/h3-10H,1-2H3,(H2,19,21). The van der Waals surface area contributed by atoms with Gasteiger partial charge in [0.05, 0.1) is 6.04 Å². The summed E-state index contributed by atoms with van der Waals surface area (Å²) in [5.74, 6) is -0.760. The molecular weight excluding hydrogens is 290 g/mol. The molecule has 1 unspecified atom stereocenters. The number of halogens is 2. The van der Waals surface area contributed by atoms with E-state index in [1.807, 2.05) is 6.92 Å². The molecule has 0 radical (unpaired) electrons. The SMILES string of the molecule is CC(c1ccccc1F)N(C)c1ccc(C(N)=S)c(F)c1. The van der Waals surface area contributed by atoms with Crippen LogP contribution in [0.25, 0.3) is 0 Å². The van der Waals surface area contributed by atoms with Crippen molar-refractivity contribution in [1.82, 2.24) is 0 Å². The van der Waals surface area contributed by atoms with Crippen LogP contribution in [0.1, 0.15) is 24.1 Å². The third-order valence-corrected chi connectivity index (χ3v) is 3.78. The Bertz CT molecular complexity index is 673. The van der Waals surface area contributed by atoms with Gasteiger partial charge in [0.25, 0.3) is 0 Å². The van der Waals surface area contributed by atoms with Crippen molar-refractivity contribution >= 4 is 22.9 Å². The highest BCUT2D eigenvalue weighted by Gasteiger charge is 2.17. The van der Waals surface area contributed by atoms with Crippen molar-refractivity contribution in [3.05, 3.63) is 65.2 Å². The minimum absolute atomic E-state index is 0.0175. The fourth-order valence-electron chi connectivity index (χ4n) is 2.17. The van der Waals surface area contributed by atoms with Crippen molar-refractivity contribution in [3.8, 4) is 0 Å². The predicted molar refractivity (Wildman–Crippen MR) is 85.5 cm³/mol. The molecule has 0 aliphatic carbocycles. The summed E-state index contributed by atoms with van der Waals surface area (Å²) in [4.78, 5) is 1.81. The van der Waals surface area contributed by atoms with Gasteiger partial charge in [-0.1, -0.05) is 30.4 Å². The first kappa shape index (κ1) is 15.4. The molecule has 2 N–H and O–H groups in total. The molecule has 1 atom stereocenters. The first-order valence-corrected chi connectivity index (χ1v) is 6.89. The van der Waals surface area contributed by atoms with E-state index >= 15 is 0 Å². The summed E-state index contributed by atoms with van der Waals surface area (Å²) < 4.78 is 27.8. The molecule has 5 heteroatoms. The van der Waals surface area contributed by atoms with Crippen molar-refractivity contribution in [3.63, 3.8) is 0 Å². The summed E-state index contributed by atoms with van der Waals surface area (Å²) >= 11 is 4.78. The Morgan fingerprint density at radius 3 is 2.38 bits per heavy atom. The Labute approximate surface area is 128 Å². The molecule has 110 valence electrons. The quantitative estimate of drug-likeness (QED) is 0.871. The average molecular weight is 306 g/mol. The van der Waals surface area contributed by atoms with Crippen LogP contribution in [0.5, 0.6) is 0 Å². The summed E-state index contributed by atoms with van der Waals surface area (Å²) in [7, 11) is 1.78. The fraction of sp³-hybridized carbons (Fsp3) is 0.188. The van der Waals surface area contributed by atoms with Gasteiger partial charge in [0.2, 0.25) is 0 Å². The second-order valence-corrected chi connectivity index (χ2v) is 5.28. The molecule has 0 saturated carbocycles. The van der Waals surface area contributed by atoms with Gasteiger partial charge in [-0.05, 0) is 31.2 Å². The molecule has 0 saturated heterocycles. The molecule has 2 rings (SSSR count). The minimum atomic E-state index is -0.479. The number of hydrogen-bond donors (Lipinski definition) is 1. The van der Waals surface area contributed by atoms with E-state index in [4.69, 9.17) is 18.0 Å². The Morgan fingerprint density at radius 2 is 1.81 bits per heavy atom. The molecule has 0 fully saturated rings. The molecule has 0 aliphatic rings. The highest BCUT2D eigenvalue weighted by atomic mass is 32.1. The number of hydrogen-bond acceptors (Lipinski definition) is 2. The van der Waals surface area contributed by atoms with Gasteiger partial charge in [-0.3, -0.25) is 0 Å². The Morgan fingerprint density at radius 1 is 1.14 bits per heavy atom. The van der Waals surface area contributed by atoms with Gasteiger partial charge in [0.15, 0.2) is 0 Å². The van der Waals surface area contributed by atoms with E-state index in [-0.39, 0.29) is 22.4 Å². The van der Waals surface area contributed by atoms with E-state index in [1.54, 1.807) is 36.2 Å². The van der Waals surface area contributed by atoms with Crippen molar-refractivity contribution in [2.75, 3.05) is 11.9 Å². The zero-order valence-corrected chi connectivity index (χ0v) is 12.6. The molecule has 2 aromatic carbocycles. The monoisotopic (exact) mass is 306 g/mol. The first-order chi connectivity index (χ1) is 9.91. The van der Waals surface area contributed by atoms with Crippen LogP contribution < -0.4 is 10.6 Å². The topological polar surface area (TPSA) is 29.3 Å². The van der Waals surface area contributed by atoms with Crippen LogP contribution in [0.4, 0.5) is 14.5 Å². The van der Waals surface area contributed by atoms with Crippen LogP contribution in [0.2, 0.25) is 0 Å². The second kappa shape index (κ2) is 6.18. The lowest BCUT2D eigenvalue weighted by molar-refractivity contribution is 0.584. The van der Waals surface area contributed by atoms with Crippen LogP contribution in [-0.2, 0) is 0 Å². The van der Waals surface area contributed by atoms with Crippen molar-refractivity contribution in [2.45, 2.75) is 13.0 Å². The fourth-order valence-corrected chi connectivity index (χ4v) is 2.33. The van der Waals surface area contributed by atoms with E-state index in [2.05, 4.69) is 0 Å². The van der Waals surface area contributed by atoms with Crippen LogP contribution in [0.15, 0.2) is 42.5 Å². The molecule has 2 nitrogen and oxygen atoms in total. The number of nitrogens with zero attached hydrogens (tertiary/aromatic N) is 1. The Kier molecular flexibility index (Phi) is 4.53.